The number of halogens is 1. The molecule has 0 radical (unpaired) electrons. The SMILES string of the molecule is CC(=O)N1CCC[C@H]1C(=O)Nc1c(C)[nH]c(/C=C2\C(=O)Nc3ccc(C(=O)N[C@H](C)c4ccc(F)cc4)cc32)c1C. The third-order valence-corrected chi connectivity index (χ3v) is 7.76. The number of aromatic nitrogens is 1. The molecule has 0 unspecified atom stereocenters. The van der Waals surface area contributed by atoms with Gasteiger partial charge in [-0.1, -0.05) is 12.1 Å². The fourth-order valence-corrected chi connectivity index (χ4v) is 5.46. The van der Waals surface area contributed by atoms with E-state index < -0.39 is 6.04 Å². The van der Waals surface area contributed by atoms with E-state index >= 15 is 0 Å². The highest BCUT2D eigenvalue weighted by molar-refractivity contribution is 6.35. The topological polar surface area (TPSA) is 123 Å². The van der Waals surface area contributed by atoms with Gasteiger partial charge in [-0.05, 0) is 81.1 Å². The zero-order valence-electron chi connectivity index (χ0n) is 23.4. The Bertz CT molecular complexity index is 1590. The molecular weight excluding hydrogens is 525 g/mol. The fraction of sp³-hybridized carbons (Fsp3) is 0.290. The Hall–Kier alpha value is -4.73. The van der Waals surface area contributed by atoms with Gasteiger partial charge in [0.1, 0.15) is 11.9 Å². The largest absolute Gasteiger partial charge is 0.357 e. The Balaban J connectivity index is 1.38. The van der Waals surface area contributed by atoms with Crippen LogP contribution in [0.3, 0.4) is 0 Å². The molecule has 0 bridgehead atoms. The van der Waals surface area contributed by atoms with Crippen LogP contribution in [0.15, 0.2) is 42.5 Å². The van der Waals surface area contributed by atoms with Gasteiger partial charge in [-0.15, -0.1) is 0 Å². The van der Waals surface area contributed by atoms with Crippen LogP contribution in [0.2, 0.25) is 0 Å². The molecule has 0 saturated carbocycles. The zero-order valence-corrected chi connectivity index (χ0v) is 23.4. The number of fused-ring (bicyclic) bond motifs is 1. The molecule has 4 N–H and O–H groups in total. The molecular formula is C31H32FN5O4. The van der Waals surface area contributed by atoms with Gasteiger partial charge in [0.05, 0.1) is 17.3 Å². The molecule has 2 aliphatic rings. The molecule has 10 heteroatoms. The number of hydrogen-bond acceptors (Lipinski definition) is 4. The lowest BCUT2D eigenvalue weighted by Crippen LogP contribution is -2.42. The molecule has 0 spiro atoms. The minimum Gasteiger partial charge on any atom is -0.357 e. The first-order chi connectivity index (χ1) is 19.5. The molecule has 41 heavy (non-hydrogen) atoms. The van der Waals surface area contributed by atoms with Crippen LogP contribution in [-0.4, -0.2) is 46.1 Å². The van der Waals surface area contributed by atoms with E-state index in [0.29, 0.717) is 46.7 Å². The number of amides is 4. The molecule has 9 nitrogen and oxygen atoms in total. The number of likely N-dealkylation sites (tertiary alicyclic amines) is 1. The average Bonchev–Trinajstić information content (AvgIpc) is 3.62. The maximum Gasteiger partial charge on any atom is 0.256 e. The Morgan fingerprint density at radius 1 is 1.12 bits per heavy atom. The first-order valence-electron chi connectivity index (χ1n) is 13.5. The number of carbonyl (C=O) groups excluding carboxylic acids is 4. The number of carbonyl (C=O) groups is 4. The van der Waals surface area contributed by atoms with E-state index in [0.717, 1.165) is 23.2 Å². The van der Waals surface area contributed by atoms with Gasteiger partial charge in [0, 0.05) is 41.7 Å². The quantitative estimate of drug-likeness (QED) is 0.328. The zero-order chi connectivity index (χ0) is 29.4. The molecule has 0 aliphatic carbocycles. The summed E-state index contributed by atoms with van der Waals surface area (Å²) in [5, 5.41) is 8.72. The summed E-state index contributed by atoms with van der Waals surface area (Å²) in [6, 6.07) is 10.1. The molecule has 1 saturated heterocycles. The molecule has 1 fully saturated rings. The number of aromatic amines is 1. The maximum absolute atomic E-state index is 13.3. The molecule has 4 amide bonds. The van der Waals surface area contributed by atoms with Crippen molar-refractivity contribution in [2.45, 2.75) is 52.6 Å². The van der Waals surface area contributed by atoms with E-state index in [2.05, 4.69) is 20.9 Å². The number of H-pyrrole nitrogens is 1. The van der Waals surface area contributed by atoms with Crippen LogP contribution in [0.25, 0.3) is 11.6 Å². The predicted octanol–water partition coefficient (Wildman–Crippen LogP) is 4.70. The number of benzene rings is 2. The second kappa shape index (κ2) is 11.0. The molecule has 5 rings (SSSR count). The highest BCUT2D eigenvalue weighted by atomic mass is 19.1. The standard InChI is InChI=1S/C31H32FN5O4/c1-16-26(33-18(3)28(16)36-31(41)27-6-5-13-37(27)19(4)38)15-24-23-14-21(9-12-25(23)35-30(24)40)29(39)34-17(2)20-7-10-22(32)11-8-20/h7-12,14-15,17,27,33H,5-6,13H2,1-4H3,(H,34,39)(H,35,40)(H,36,41)/b24-15-/t17-,27+/m1/s1. The lowest BCUT2D eigenvalue weighted by molar-refractivity contribution is -0.134. The van der Waals surface area contributed by atoms with Crippen LogP contribution in [0.4, 0.5) is 15.8 Å². The van der Waals surface area contributed by atoms with E-state index in [9.17, 15) is 23.6 Å². The summed E-state index contributed by atoms with van der Waals surface area (Å²) in [6.07, 6.45) is 3.10. The first-order valence-corrected chi connectivity index (χ1v) is 13.5. The second-order valence-corrected chi connectivity index (χ2v) is 10.5. The highest BCUT2D eigenvalue weighted by Gasteiger charge is 2.33. The van der Waals surface area contributed by atoms with Gasteiger partial charge in [0.15, 0.2) is 0 Å². The van der Waals surface area contributed by atoms with Crippen molar-refractivity contribution >= 4 is 46.7 Å². The van der Waals surface area contributed by atoms with E-state index in [1.165, 1.54) is 19.1 Å². The molecule has 212 valence electrons. The minimum absolute atomic E-state index is 0.126. The lowest BCUT2D eigenvalue weighted by atomic mass is 10.0. The van der Waals surface area contributed by atoms with Gasteiger partial charge < -0.3 is 25.8 Å². The van der Waals surface area contributed by atoms with Crippen LogP contribution in [0.1, 0.15) is 71.2 Å². The van der Waals surface area contributed by atoms with E-state index in [1.807, 2.05) is 20.8 Å². The first kappa shape index (κ1) is 27.8. The third-order valence-electron chi connectivity index (χ3n) is 7.76. The number of nitrogens with one attached hydrogen (secondary N) is 4. The van der Waals surface area contributed by atoms with Gasteiger partial charge in [-0.2, -0.15) is 0 Å². The van der Waals surface area contributed by atoms with Gasteiger partial charge in [0.25, 0.3) is 11.8 Å². The molecule has 2 aromatic carbocycles. The van der Waals surface area contributed by atoms with Crippen LogP contribution >= 0.6 is 0 Å². The third kappa shape index (κ3) is 5.50. The number of rotatable bonds is 6. The number of hydrogen-bond donors (Lipinski definition) is 4. The van der Waals surface area contributed by atoms with Crippen molar-refractivity contribution in [1.29, 1.82) is 0 Å². The van der Waals surface area contributed by atoms with Gasteiger partial charge in [-0.25, -0.2) is 4.39 Å². The Morgan fingerprint density at radius 3 is 2.56 bits per heavy atom. The molecule has 2 aliphatic heterocycles. The fourth-order valence-electron chi connectivity index (χ4n) is 5.46. The monoisotopic (exact) mass is 557 g/mol. The summed E-state index contributed by atoms with van der Waals surface area (Å²) < 4.78 is 13.3. The van der Waals surface area contributed by atoms with Crippen molar-refractivity contribution < 1.29 is 23.6 Å². The smallest absolute Gasteiger partial charge is 0.256 e. The van der Waals surface area contributed by atoms with Crippen LogP contribution < -0.4 is 16.0 Å². The average molecular weight is 558 g/mol. The van der Waals surface area contributed by atoms with Crippen LogP contribution in [0, 0.1) is 19.7 Å². The highest BCUT2D eigenvalue weighted by Crippen LogP contribution is 2.36. The lowest BCUT2D eigenvalue weighted by Gasteiger charge is -2.22. The molecule has 3 aromatic rings. The van der Waals surface area contributed by atoms with Crippen LogP contribution in [0.5, 0.6) is 0 Å². The molecule has 3 heterocycles. The summed E-state index contributed by atoms with van der Waals surface area (Å²) in [7, 11) is 0. The van der Waals surface area contributed by atoms with Gasteiger partial charge >= 0.3 is 0 Å². The maximum atomic E-state index is 13.3. The number of anilines is 2. The molecule has 2 atom stereocenters. The normalized spacial score (nSPS) is 17.8. The van der Waals surface area contributed by atoms with E-state index in [1.54, 1.807) is 41.3 Å². The van der Waals surface area contributed by atoms with Crippen molar-refractivity contribution in [3.63, 3.8) is 0 Å². The van der Waals surface area contributed by atoms with Crippen LogP contribution in [-0.2, 0) is 14.4 Å². The summed E-state index contributed by atoms with van der Waals surface area (Å²) in [4.78, 5) is 55.8. The summed E-state index contributed by atoms with van der Waals surface area (Å²) in [5.74, 6) is -1.35. The minimum atomic E-state index is -0.508. The molecule has 1 aromatic heterocycles. The van der Waals surface area contributed by atoms with E-state index in [-0.39, 0.29) is 35.5 Å². The van der Waals surface area contributed by atoms with Crippen molar-refractivity contribution in [3.8, 4) is 0 Å². The Kier molecular flexibility index (Phi) is 7.49. The van der Waals surface area contributed by atoms with E-state index in [4.69, 9.17) is 0 Å². The Morgan fingerprint density at radius 2 is 1.85 bits per heavy atom. The van der Waals surface area contributed by atoms with Gasteiger partial charge in [0.2, 0.25) is 11.8 Å². The Labute approximate surface area is 237 Å². The van der Waals surface area contributed by atoms with Crippen molar-refractivity contribution in [3.05, 3.63) is 81.9 Å². The predicted molar refractivity (Wildman–Crippen MR) is 155 cm³/mol. The van der Waals surface area contributed by atoms with Gasteiger partial charge in [-0.3, -0.25) is 19.2 Å². The summed E-state index contributed by atoms with van der Waals surface area (Å²) in [5.41, 5.74) is 5.41. The number of aryl methyl sites for hydroxylation is 1. The number of nitrogens with zero attached hydrogens (tertiary/aromatic N) is 1. The van der Waals surface area contributed by atoms with Crippen molar-refractivity contribution in [2.75, 3.05) is 17.2 Å². The summed E-state index contributed by atoms with van der Waals surface area (Å²) >= 11 is 0. The second-order valence-electron chi connectivity index (χ2n) is 10.5. The summed E-state index contributed by atoms with van der Waals surface area (Å²) in [6.45, 7) is 7.52. The van der Waals surface area contributed by atoms with Crippen molar-refractivity contribution in [2.24, 2.45) is 0 Å². The van der Waals surface area contributed by atoms with Crippen molar-refractivity contribution in [1.82, 2.24) is 15.2 Å².